The Balaban J connectivity index is 2.06. The van der Waals surface area contributed by atoms with Crippen LogP contribution in [-0.2, 0) is 4.79 Å². The highest BCUT2D eigenvalue weighted by Gasteiger charge is 2.37. The fraction of sp³-hybridized carbons (Fsp3) is 0.588. The monoisotopic (exact) mass is 276 g/mol. The van der Waals surface area contributed by atoms with E-state index in [9.17, 15) is 4.79 Å². The van der Waals surface area contributed by atoms with E-state index < -0.39 is 0 Å². The Morgan fingerprint density at radius 3 is 2.60 bits per heavy atom. The molecule has 1 aliphatic carbocycles. The summed E-state index contributed by atoms with van der Waals surface area (Å²) in [4.78, 5) is 11.4. The van der Waals surface area contributed by atoms with Gasteiger partial charge < -0.3 is 9.47 Å². The first-order valence-electron chi connectivity index (χ1n) is 7.36. The predicted octanol–water partition coefficient (Wildman–Crippen LogP) is 3.81. The minimum absolute atomic E-state index is 0.132. The first kappa shape index (κ1) is 14.9. The Bertz CT molecular complexity index is 479. The van der Waals surface area contributed by atoms with Crippen molar-refractivity contribution in [1.29, 1.82) is 0 Å². The van der Waals surface area contributed by atoms with E-state index in [1.54, 1.807) is 7.11 Å². The molecule has 0 amide bonds. The third-order valence-corrected chi connectivity index (χ3v) is 4.10. The van der Waals surface area contributed by atoms with Crippen molar-refractivity contribution in [3.05, 3.63) is 23.8 Å². The van der Waals surface area contributed by atoms with Crippen LogP contribution in [0, 0.1) is 11.8 Å². The van der Waals surface area contributed by atoms with Crippen LogP contribution < -0.4 is 9.47 Å². The van der Waals surface area contributed by atoms with Crippen LogP contribution in [0.3, 0.4) is 0 Å². The standard InChI is InChI=1S/C17H24O3/c1-11(2)7-8-20-16-6-5-13(9-17(16)19-4)14-10-15(18)12(14)3/h5-6,9,11-12,14H,7-8,10H2,1-4H3. The zero-order valence-electron chi connectivity index (χ0n) is 12.8. The molecule has 1 fully saturated rings. The van der Waals surface area contributed by atoms with Crippen molar-refractivity contribution in [3.63, 3.8) is 0 Å². The number of hydrogen-bond donors (Lipinski definition) is 0. The molecule has 0 spiro atoms. The Labute approximate surface area is 121 Å². The lowest BCUT2D eigenvalue weighted by Gasteiger charge is -2.32. The average Bonchev–Trinajstić information content (AvgIpc) is 2.44. The van der Waals surface area contributed by atoms with Gasteiger partial charge >= 0.3 is 0 Å². The maximum Gasteiger partial charge on any atom is 0.161 e. The van der Waals surface area contributed by atoms with Crippen LogP contribution >= 0.6 is 0 Å². The van der Waals surface area contributed by atoms with Crippen LogP contribution in [0.5, 0.6) is 11.5 Å². The summed E-state index contributed by atoms with van der Waals surface area (Å²) in [6.07, 6.45) is 1.68. The van der Waals surface area contributed by atoms with Gasteiger partial charge in [-0.3, -0.25) is 4.79 Å². The molecular formula is C17H24O3. The molecule has 20 heavy (non-hydrogen) atoms. The topological polar surface area (TPSA) is 35.5 Å². The molecule has 1 aromatic carbocycles. The largest absolute Gasteiger partial charge is 0.493 e. The van der Waals surface area contributed by atoms with Crippen molar-refractivity contribution < 1.29 is 14.3 Å². The molecule has 0 aromatic heterocycles. The van der Waals surface area contributed by atoms with Gasteiger partial charge in [-0.05, 0) is 30.0 Å². The molecule has 2 rings (SSSR count). The summed E-state index contributed by atoms with van der Waals surface area (Å²) in [5, 5.41) is 0. The molecule has 1 aromatic rings. The van der Waals surface area contributed by atoms with Crippen molar-refractivity contribution in [2.24, 2.45) is 11.8 Å². The minimum atomic E-state index is 0.132. The minimum Gasteiger partial charge on any atom is -0.493 e. The van der Waals surface area contributed by atoms with Gasteiger partial charge in [-0.2, -0.15) is 0 Å². The van der Waals surface area contributed by atoms with Crippen molar-refractivity contribution in [3.8, 4) is 11.5 Å². The summed E-state index contributed by atoms with van der Waals surface area (Å²) in [7, 11) is 1.66. The fourth-order valence-electron chi connectivity index (χ4n) is 2.49. The van der Waals surface area contributed by atoms with Gasteiger partial charge in [-0.1, -0.05) is 26.8 Å². The number of carbonyl (C=O) groups excluding carboxylic acids is 1. The molecule has 2 atom stereocenters. The van der Waals surface area contributed by atoms with Crippen LogP contribution in [-0.4, -0.2) is 19.5 Å². The second-order valence-electron chi connectivity index (χ2n) is 6.01. The van der Waals surface area contributed by atoms with Gasteiger partial charge in [0.1, 0.15) is 5.78 Å². The van der Waals surface area contributed by atoms with Crippen LogP contribution in [0.25, 0.3) is 0 Å². The summed E-state index contributed by atoms with van der Waals surface area (Å²) in [5.41, 5.74) is 1.17. The van der Waals surface area contributed by atoms with Gasteiger partial charge in [-0.25, -0.2) is 0 Å². The zero-order valence-corrected chi connectivity index (χ0v) is 12.8. The molecule has 3 nitrogen and oxygen atoms in total. The number of methoxy groups -OCH3 is 1. The summed E-state index contributed by atoms with van der Waals surface area (Å²) >= 11 is 0. The highest BCUT2D eigenvalue weighted by Crippen LogP contribution is 2.42. The maximum absolute atomic E-state index is 11.4. The second kappa shape index (κ2) is 6.29. The molecule has 0 heterocycles. The molecule has 110 valence electrons. The molecule has 0 radical (unpaired) electrons. The highest BCUT2D eigenvalue weighted by molar-refractivity contribution is 5.89. The Morgan fingerprint density at radius 1 is 1.30 bits per heavy atom. The summed E-state index contributed by atoms with van der Waals surface area (Å²) in [6, 6.07) is 6.03. The van der Waals surface area contributed by atoms with Gasteiger partial charge in [0.2, 0.25) is 0 Å². The van der Waals surface area contributed by atoms with Crippen LogP contribution in [0.2, 0.25) is 0 Å². The van der Waals surface area contributed by atoms with E-state index in [0.29, 0.717) is 30.6 Å². The van der Waals surface area contributed by atoms with Crippen LogP contribution in [0.4, 0.5) is 0 Å². The smallest absolute Gasteiger partial charge is 0.161 e. The molecule has 2 unspecified atom stereocenters. The number of carbonyl (C=O) groups is 1. The average molecular weight is 276 g/mol. The van der Waals surface area contributed by atoms with Gasteiger partial charge in [0.05, 0.1) is 13.7 Å². The molecule has 0 saturated heterocycles. The highest BCUT2D eigenvalue weighted by atomic mass is 16.5. The molecule has 0 N–H and O–H groups in total. The van der Waals surface area contributed by atoms with Gasteiger partial charge in [0.15, 0.2) is 11.5 Å². The first-order valence-corrected chi connectivity index (χ1v) is 7.36. The zero-order chi connectivity index (χ0) is 14.7. The Morgan fingerprint density at radius 2 is 2.05 bits per heavy atom. The molecule has 1 aliphatic rings. The lowest BCUT2D eigenvalue weighted by molar-refractivity contribution is -0.130. The maximum atomic E-state index is 11.4. The van der Waals surface area contributed by atoms with E-state index in [0.717, 1.165) is 17.9 Å². The number of ketones is 1. The number of Topliss-reactive ketones (excluding diaryl/α,β-unsaturated/α-hetero) is 1. The van der Waals surface area contributed by atoms with Crippen molar-refractivity contribution in [2.75, 3.05) is 13.7 Å². The molecule has 0 aliphatic heterocycles. The van der Waals surface area contributed by atoms with E-state index in [1.807, 2.05) is 19.1 Å². The normalized spacial score (nSPS) is 21.8. The lowest BCUT2D eigenvalue weighted by Crippen LogP contribution is -2.32. The van der Waals surface area contributed by atoms with E-state index in [2.05, 4.69) is 19.9 Å². The number of hydrogen-bond acceptors (Lipinski definition) is 3. The van der Waals surface area contributed by atoms with Gasteiger partial charge in [0, 0.05) is 18.3 Å². The fourth-order valence-corrected chi connectivity index (χ4v) is 2.49. The van der Waals surface area contributed by atoms with Crippen LogP contribution in [0.1, 0.15) is 45.1 Å². The molecule has 3 heteroatoms. The summed E-state index contributed by atoms with van der Waals surface area (Å²) in [5.74, 6) is 3.00. The van der Waals surface area contributed by atoms with E-state index >= 15 is 0 Å². The first-order chi connectivity index (χ1) is 9.52. The number of benzene rings is 1. The quantitative estimate of drug-likeness (QED) is 0.792. The number of ether oxygens (including phenoxy) is 2. The third-order valence-electron chi connectivity index (χ3n) is 4.10. The third kappa shape index (κ3) is 3.14. The lowest BCUT2D eigenvalue weighted by atomic mass is 9.70. The summed E-state index contributed by atoms with van der Waals surface area (Å²) < 4.78 is 11.2. The second-order valence-corrected chi connectivity index (χ2v) is 6.01. The van der Waals surface area contributed by atoms with E-state index in [1.165, 1.54) is 5.56 Å². The van der Waals surface area contributed by atoms with E-state index in [4.69, 9.17) is 9.47 Å². The van der Waals surface area contributed by atoms with Crippen molar-refractivity contribution in [1.82, 2.24) is 0 Å². The van der Waals surface area contributed by atoms with Crippen molar-refractivity contribution in [2.45, 2.75) is 39.5 Å². The Kier molecular flexibility index (Phi) is 4.69. The molecular weight excluding hydrogens is 252 g/mol. The molecule has 0 bridgehead atoms. The number of rotatable bonds is 6. The molecule has 1 saturated carbocycles. The van der Waals surface area contributed by atoms with Gasteiger partial charge in [0.25, 0.3) is 0 Å². The van der Waals surface area contributed by atoms with Crippen LogP contribution in [0.15, 0.2) is 18.2 Å². The van der Waals surface area contributed by atoms with E-state index in [-0.39, 0.29) is 5.92 Å². The van der Waals surface area contributed by atoms with Crippen molar-refractivity contribution >= 4 is 5.78 Å². The SMILES string of the molecule is COc1cc(C2CC(=O)C2C)ccc1OCCC(C)C. The van der Waals surface area contributed by atoms with Gasteiger partial charge in [-0.15, -0.1) is 0 Å². The summed E-state index contributed by atoms with van der Waals surface area (Å²) in [6.45, 7) is 7.05. The Hall–Kier alpha value is -1.51. The predicted molar refractivity (Wildman–Crippen MR) is 79.5 cm³/mol.